The summed E-state index contributed by atoms with van der Waals surface area (Å²) < 4.78 is 105. The fourth-order valence-corrected chi connectivity index (χ4v) is 60.8. The van der Waals surface area contributed by atoms with Crippen molar-refractivity contribution in [1.29, 1.82) is 0 Å². The van der Waals surface area contributed by atoms with Crippen LogP contribution < -0.4 is 37.9 Å². The maximum absolute atomic E-state index is 6.78. The minimum Gasteiger partial charge on any atom is -0.494 e. The molecule has 5 aliphatic heterocycles. The topological polar surface area (TPSA) is 148 Å². The van der Waals surface area contributed by atoms with E-state index in [-0.39, 0.29) is 0 Å². The number of unbranched alkanes of at least 4 members (excludes halogenated alkanes) is 14. The third-order valence-electron chi connectivity index (χ3n) is 16.2. The Kier molecular flexibility index (Phi) is 23.8. The quantitative estimate of drug-likeness (QED) is 0.0345. The van der Waals surface area contributed by atoms with Gasteiger partial charge in [0.2, 0.25) is 0 Å². The molecule has 10 rings (SSSR count). The van der Waals surface area contributed by atoms with Crippen molar-refractivity contribution in [2.45, 2.75) is 206 Å². The zero-order chi connectivity index (χ0) is 64.7. The fraction of sp³-hybridized carbons (Fsp3) is 0.625. The average molecular weight is 1450 g/mol. The van der Waals surface area contributed by atoms with E-state index in [4.69, 9.17) is 70.8 Å². The molecule has 16 nitrogen and oxygen atoms in total. The van der Waals surface area contributed by atoms with Gasteiger partial charge in [-0.05, 0) is 176 Å². The van der Waals surface area contributed by atoms with E-state index in [2.05, 4.69) is 140 Å². The summed E-state index contributed by atoms with van der Waals surface area (Å²) in [6.45, 7) is 34.2. The highest BCUT2D eigenvalue weighted by Gasteiger charge is 2.54. The molecular formula is C64H102O16S3Si8. The Morgan fingerprint density at radius 2 is 0.495 bits per heavy atom. The monoisotopic (exact) mass is 1450 g/mol. The average Bonchev–Trinajstić information content (AvgIpc) is 1.66. The first-order chi connectivity index (χ1) is 43.2. The van der Waals surface area contributed by atoms with E-state index < -0.39 is 68.5 Å². The Bertz CT molecular complexity index is 2940. The van der Waals surface area contributed by atoms with Gasteiger partial charge in [-0.3, -0.25) is 0 Å². The van der Waals surface area contributed by atoms with Gasteiger partial charge in [-0.25, -0.2) is 0 Å². The number of hydrogen-bond donors (Lipinski definition) is 0. The van der Waals surface area contributed by atoms with Crippen LogP contribution in [-0.2, 0) is 32.9 Å². The van der Waals surface area contributed by atoms with E-state index in [1.807, 2.05) is 0 Å². The SMILES string of the molecule is C[Si]1(C)O[Si](C)(C)O[Si](C)(CCCCCCCCCCOc2ccc(-c3sc(-c4sc(-c5sc(-c6ccc(OCCCCCCCCCC[Si]7(C)O[Si](C)(C)O[Si](C)(C)O[Si](C)(C)O7)cc6)c6c5OCCO6)c5c4OCCO5)c4c3OCCO4)cc2)O[Si](C)(C)O1. The highest BCUT2D eigenvalue weighted by Crippen LogP contribution is 2.65. The molecule has 0 bridgehead atoms. The standard InChI is InChI=1S/C64H102O16S3Si8/c1-84(2)73-86(5,6)77-90(13,78-87(7,8)74-84)47-29-25-21-17-15-19-23-27-39-65-51-35-31-49(32-36-51)59-53-55(69-43-41-67-53)61(81-59)63-57-58(72-46-45-71-57)64(83-63)62-56-54(68-42-44-70-56)60(82-62)50-33-37-52(38-34-50)66-40-28-24-20-16-18-22-26-30-48-91(14)79-88(9,10)75-85(3,4)76-89(11,12)80-91/h31-38H,15-30,39-48H2,1-14H3. The number of fused-ring (bicyclic) bond motifs is 3. The lowest BCUT2D eigenvalue weighted by molar-refractivity contribution is 0.171. The van der Waals surface area contributed by atoms with Crippen molar-refractivity contribution in [3.05, 3.63) is 48.5 Å². The van der Waals surface area contributed by atoms with E-state index in [1.54, 1.807) is 34.0 Å². The molecule has 2 saturated heterocycles. The molecule has 2 fully saturated rings. The van der Waals surface area contributed by atoms with Gasteiger partial charge in [-0.15, -0.1) is 34.0 Å². The summed E-state index contributed by atoms with van der Waals surface area (Å²) in [4.78, 5) is 5.81. The van der Waals surface area contributed by atoms with Gasteiger partial charge in [0.15, 0.2) is 34.5 Å². The number of ether oxygens (including phenoxy) is 8. The van der Waals surface area contributed by atoms with Crippen LogP contribution in [0.25, 0.3) is 40.4 Å². The molecule has 5 aromatic rings. The van der Waals surface area contributed by atoms with Crippen LogP contribution in [-0.4, -0.2) is 121 Å². The molecule has 0 amide bonds. The van der Waals surface area contributed by atoms with E-state index in [1.165, 1.54) is 64.2 Å². The molecule has 91 heavy (non-hydrogen) atoms. The molecule has 0 aliphatic carbocycles. The summed E-state index contributed by atoms with van der Waals surface area (Å²) in [5.41, 5.74) is 2.08. The van der Waals surface area contributed by atoms with E-state index in [9.17, 15) is 0 Å². The molecular weight excluding hydrogens is 1350 g/mol. The molecule has 27 heteroatoms. The van der Waals surface area contributed by atoms with Gasteiger partial charge in [0.05, 0.1) is 42.5 Å². The normalized spacial score (nSPS) is 20.6. The van der Waals surface area contributed by atoms with Crippen LogP contribution in [0.15, 0.2) is 48.5 Å². The molecule has 0 saturated carbocycles. The minimum atomic E-state index is -2.40. The van der Waals surface area contributed by atoms with Gasteiger partial charge < -0.3 is 70.8 Å². The van der Waals surface area contributed by atoms with Crippen molar-refractivity contribution in [2.24, 2.45) is 0 Å². The molecule has 0 atom stereocenters. The Morgan fingerprint density at radius 1 is 0.275 bits per heavy atom. The van der Waals surface area contributed by atoms with Gasteiger partial charge in [-0.2, -0.15) is 0 Å². The molecule has 0 N–H and O–H groups in total. The van der Waals surface area contributed by atoms with Gasteiger partial charge in [0.1, 0.15) is 51.1 Å². The largest absolute Gasteiger partial charge is 0.494 e. The van der Waals surface area contributed by atoms with Crippen LogP contribution in [0, 0.1) is 0 Å². The van der Waals surface area contributed by atoms with Crippen molar-refractivity contribution >= 4 is 102 Å². The molecule has 2 aromatic carbocycles. The van der Waals surface area contributed by atoms with Gasteiger partial charge >= 0.3 is 68.5 Å². The van der Waals surface area contributed by atoms with Crippen molar-refractivity contribution in [2.75, 3.05) is 52.9 Å². The molecule has 0 radical (unpaired) electrons. The van der Waals surface area contributed by atoms with E-state index in [0.717, 1.165) is 137 Å². The predicted molar refractivity (Wildman–Crippen MR) is 386 cm³/mol. The predicted octanol–water partition coefficient (Wildman–Crippen LogP) is 19.4. The van der Waals surface area contributed by atoms with Crippen molar-refractivity contribution in [1.82, 2.24) is 0 Å². The summed E-state index contributed by atoms with van der Waals surface area (Å²) in [7, 11) is -18.7. The Morgan fingerprint density at radius 3 is 0.769 bits per heavy atom. The first-order valence-corrected chi connectivity index (χ1v) is 57.9. The first kappa shape index (κ1) is 71.1. The summed E-state index contributed by atoms with van der Waals surface area (Å²) in [6.07, 6.45) is 18.9. The zero-order valence-corrected chi connectivity index (χ0v) is 67.2. The molecule has 5 aliphatic rings. The van der Waals surface area contributed by atoms with Crippen LogP contribution >= 0.6 is 34.0 Å². The van der Waals surface area contributed by atoms with Crippen molar-refractivity contribution in [3.63, 3.8) is 0 Å². The maximum Gasteiger partial charge on any atom is 0.317 e. The minimum absolute atomic E-state index is 0.445. The lowest BCUT2D eigenvalue weighted by Crippen LogP contribution is -2.65. The molecule has 3 aromatic heterocycles. The summed E-state index contributed by atoms with van der Waals surface area (Å²) in [6, 6.07) is 18.7. The zero-order valence-electron chi connectivity index (χ0n) is 56.8. The van der Waals surface area contributed by atoms with Gasteiger partial charge in [-0.1, -0.05) is 89.9 Å². The second-order valence-corrected chi connectivity index (χ2v) is 59.7. The third-order valence-corrected chi connectivity index (χ3v) is 53.2. The van der Waals surface area contributed by atoms with E-state index in [0.29, 0.717) is 52.9 Å². The first-order valence-electron chi connectivity index (χ1n) is 33.5. The Hall–Kier alpha value is -2.64. The Balaban J connectivity index is 0.682. The molecule has 8 heterocycles. The number of rotatable bonds is 28. The van der Waals surface area contributed by atoms with E-state index >= 15 is 0 Å². The second kappa shape index (κ2) is 30.4. The summed E-state index contributed by atoms with van der Waals surface area (Å²) in [5.74, 6) is 6.14. The fourth-order valence-electron chi connectivity index (χ4n) is 13.7. The maximum atomic E-state index is 6.78. The van der Waals surface area contributed by atoms with Crippen LogP contribution in [0.5, 0.6) is 46.0 Å². The van der Waals surface area contributed by atoms with Crippen LogP contribution in [0.2, 0.25) is 104 Å². The third kappa shape index (κ3) is 19.6. The number of benzene rings is 2. The van der Waals surface area contributed by atoms with Crippen LogP contribution in [0.4, 0.5) is 0 Å². The highest BCUT2D eigenvalue weighted by atomic mass is 32.1. The smallest absolute Gasteiger partial charge is 0.317 e. The highest BCUT2D eigenvalue weighted by molar-refractivity contribution is 7.29. The van der Waals surface area contributed by atoms with Crippen molar-refractivity contribution in [3.8, 4) is 86.4 Å². The number of thiophene rings is 3. The lowest BCUT2D eigenvalue weighted by Gasteiger charge is -2.47. The molecule has 504 valence electrons. The van der Waals surface area contributed by atoms with Crippen LogP contribution in [0.1, 0.15) is 103 Å². The van der Waals surface area contributed by atoms with Crippen LogP contribution in [0.3, 0.4) is 0 Å². The summed E-state index contributed by atoms with van der Waals surface area (Å²) in [5, 5.41) is 0. The van der Waals surface area contributed by atoms with Gasteiger partial charge in [0, 0.05) is 0 Å². The van der Waals surface area contributed by atoms with Crippen molar-refractivity contribution < 1.29 is 70.8 Å². The Labute approximate surface area is 563 Å². The van der Waals surface area contributed by atoms with Gasteiger partial charge in [0.25, 0.3) is 0 Å². The number of hydrogen-bond acceptors (Lipinski definition) is 19. The lowest BCUT2D eigenvalue weighted by atomic mass is 10.1. The molecule has 0 unspecified atom stereocenters. The second-order valence-electron chi connectivity index (χ2n) is 27.7. The molecule has 0 spiro atoms. The summed E-state index contributed by atoms with van der Waals surface area (Å²) >= 11 is 4.95.